The fraction of sp³-hybridized carbons (Fsp3) is 0.588. The molecule has 1 aromatic heterocycles. The zero-order valence-electron chi connectivity index (χ0n) is 13.0. The molecule has 0 spiro atoms. The molecule has 3 rings (SSSR count). The fourth-order valence-corrected chi connectivity index (χ4v) is 3.87. The number of aromatic nitrogens is 2. The molecule has 3 nitrogen and oxygen atoms in total. The number of fused-ring (bicyclic) bond motifs is 1. The molecule has 0 bridgehead atoms. The van der Waals surface area contributed by atoms with E-state index in [1.165, 1.54) is 24.8 Å². The number of imidazole rings is 1. The summed E-state index contributed by atoms with van der Waals surface area (Å²) < 4.78 is 7.90. The molecule has 1 saturated carbocycles. The Labute approximate surface area is 131 Å². The Balaban J connectivity index is 2.21. The predicted octanol–water partition coefficient (Wildman–Crippen LogP) is 4.58. The first-order valence-corrected chi connectivity index (χ1v) is 8.21. The highest BCUT2D eigenvalue weighted by Gasteiger charge is 2.37. The third-order valence-corrected chi connectivity index (χ3v) is 5.00. The lowest BCUT2D eigenvalue weighted by molar-refractivity contribution is 0.261. The van der Waals surface area contributed by atoms with E-state index in [2.05, 4.69) is 24.5 Å². The number of methoxy groups -OCH3 is 1. The zero-order chi connectivity index (χ0) is 15.0. The molecule has 1 aliphatic carbocycles. The number of para-hydroxylation sites is 1. The number of alkyl halides is 1. The fourth-order valence-electron chi connectivity index (χ4n) is 3.70. The number of ether oxygens (including phenoxy) is 1. The van der Waals surface area contributed by atoms with Gasteiger partial charge in [0, 0.05) is 18.3 Å². The van der Waals surface area contributed by atoms with Crippen LogP contribution in [0, 0.1) is 5.41 Å². The SMILES string of the molecule is COc1cccc2c1nc(CCCl)n2C1CCCC1(C)C. The van der Waals surface area contributed by atoms with Gasteiger partial charge in [-0.25, -0.2) is 4.98 Å². The van der Waals surface area contributed by atoms with Crippen LogP contribution >= 0.6 is 11.6 Å². The third-order valence-electron chi connectivity index (χ3n) is 4.81. The predicted molar refractivity (Wildman–Crippen MR) is 87.4 cm³/mol. The van der Waals surface area contributed by atoms with Gasteiger partial charge in [0.2, 0.25) is 0 Å². The van der Waals surface area contributed by atoms with Gasteiger partial charge in [-0.05, 0) is 30.4 Å². The molecule has 1 atom stereocenters. The lowest BCUT2D eigenvalue weighted by Crippen LogP contribution is -2.23. The average Bonchev–Trinajstić information content (AvgIpc) is 2.98. The maximum atomic E-state index is 6.00. The van der Waals surface area contributed by atoms with E-state index in [0.29, 0.717) is 17.3 Å². The van der Waals surface area contributed by atoms with Gasteiger partial charge in [-0.2, -0.15) is 0 Å². The molecule has 0 aliphatic heterocycles. The van der Waals surface area contributed by atoms with Crippen LogP contribution in [0.25, 0.3) is 11.0 Å². The standard InChI is InChI=1S/C17H23ClN2O/c1-17(2)10-5-8-14(17)20-12-6-4-7-13(21-3)16(12)19-15(20)9-11-18/h4,6-7,14H,5,8-11H2,1-3H3. The molecule has 4 heteroatoms. The molecule has 114 valence electrons. The first-order valence-electron chi connectivity index (χ1n) is 7.68. The lowest BCUT2D eigenvalue weighted by atomic mass is 9.87. The Morgan fingerprint density at radius 2 is 2.24 bits per heavy atom. The number of benzene rings is 1. The van der Waals surface area contributed by atoms with Gasteiger partial charge < -0.3 is 9.30 Å². The van der Waals surface area contributed by atoms with Crippen LogP contribution in [0.1, 0.15) is 45.0 Å². The normalized spacial score (nSPS) is 21.0. The minimum absolute atomic E-state index is 0.303. The average molecular weight is 307 g/mol. The quantitative estimate of drug-likeness (QED) is 0.773. The van der Waals surface area contributed by atoms with Crippen molar-refractivity contribution in [2.24, 2.45) is 5.41 Å². The molecule has 0 saturated heterocycles. The van der Waals surface area contributed by atoms with Gasteiger partial charge in [0.05, 0.1) is 12.6 Å². The number of aryl methyl sites for hydroxylation is 1. The van der Waals surface area contributed by atoms with Crippen molar-refractivity contribution in [1.82, 2.24) is 9.55 Å². The minimum Gasteiger partial charge on any atom is -0.494 e. The van der Waals surface area contributed by atoms with Crippen LogP contribution in [-0.2, 0) is 6.42 Å². The van der Waals surface area contributed by atoms with Gasteiger partial charge in [-0.3, -0.25) is 0 Å². The molecule has 1 heterocycles. The van der Waals surface area contributed by atoms with Gasteiger partial charge in [0.1, 0.15) is 17.1 Å². The van der Waals surface area contributed by atoms with Gasteiger partial charge in [0.25, 0.3) is 0 Å². The van der Waals surface area contributed by atoms with Gasteiger partial charge in [-0.1, -0.05) is 26.3 Å². The third kappa shape index (κ3) is 2.42. The number of halogens is 1. The lowest BCUT2D eigenvalue weighted by Gasteiger charge is -2.30. The number of rotatable bonds is 4. The molecular formula is C17H23ClN2O. The van der Waals surface area contributed by atoms with Crippen LogP contribution in [0.5, 0.6) is 5.75 Å². The summed E-state index contributed by atoms with van der Waals surface area (Å²) in [6.07, 6.45) is 4.56. The highest BCUT2D eigenvalue weighted by Crippen LogP contribution is 2.48. The second-order valence-corrected chi connectivity index (χ2v) is 6.94. The second-order valence-electron chi connectivity index (χ2n) is 6.56. The number of hydrogen-bond acceptors (Lipinski definition) is 2. The Kier molecular flexibility index (Phi) is 3.87. The van der Waals surface area contributed by atoms with Gasteiger partial charge in [0.15, 0.2) is 0 Å². The van der Waals surface area contributed by atoms with Crippen molar-refractivity contribution in [2.75, 3.05) is 13.0 Å². The van der Waals surface area contributed by atoms with Gasteiger partial charge >= 0.3 is 0 Å². The van der Waals surface area contributed by atoms with Crippen molar-refractivity contribution in [3.05, 3.63) is 24.0 Å². The van der Waals surface area contributed by atoms with Gasteiger partial charge in [-0.15, -0.1) is 11.6 Å². The van der Waals surface area contributed by atoms with Crippen LogP contribution in [0.3, 0.4) is 0 Å². The van der Waals surface area contributed by atoms with Crippen LogP contribution in [0.2, 0.25) is 0 Å². The molecule has 1 aliphatic rings. The van der Waals surface area contributed by atoms with E-state index < -0.39 is 0 Å². The van der Waals surface area contributed by atoms with E-state index in [0.717, 1.165) is 23.5 Å². The zero-order valence-corrected chi connectivity index (χ0v) is 13.8. The van der Waals surface area contributed by atoms with Crippen molar-refractivity contribution >= 4 is 22.6 Å². The van der Waals surface area contributed by atoms with Crippen molar-refractivity contribution in [3.63, 3.8) is 0 Å². The van der Waals surface area contributed by atoms with Crippen molar-refractivity contribution in [3.8, 4) is 5.75 Å². The summed E-state index contributed by atoms with van der Waals surface area (Å²) >= 11 is 6.00. The molecule has 1 aromatic carbocycles. The maximum absolute atomic E-state index is 6.00. The monoisotopic (exact) mass is 306 g/mol. The summed E-state index contributed by atoms with van der Waals surface area (Å²) in [5, 5.41) is 0. The molecule has 1 unspecified atom stereocenters. The summed E-state index contributed by atoms with van der Waals surface area (Å²) in [6, 6.07) is 6.67. The van der Waals surface area contributed by atoms with Crippen LogP contribution < -0.4 is 4.74 Å². The summed E-state index contributed by atoms with van der Waals surface area (Å²) in [5.74, 6) is 2.53. The van der Waals surface area contributed by atoms with Crippen LogP contribution in [0.4, 0.5) is 0 Å². The van der Waals surface area contributed by atoms with E-state index in [1.54, 1.807) is 7.11 Å². The van der Waals surface area contributed by atoms with Crippen molar-refractivity contribution in [1.29, 1.82) is 0 Å². The summed E-state index contributed by atoms with van der Waals surface area (Å²) in [4.78, 5) is 4.84. The smallest absolute Gasteiger partial charge is 0.146 e. The van der Waals surface area contributed by atoms with E-state index in [9.17, 15) is 0 Å². The largest absolute Gasteiger partial charge is 0.494 e. The van der Waals surface area contributed by atoms with E-state index in [1.807, 2.05) is 12.1 Å². The van der Waals surface area contributed by atoms with Crippen LogP contribution in [-0.4, -0.2) is 22.5 Å². The molecule has 2 aromatic rings. The molecule has 21 heavy (non-hydrogen) atoms. The van der Waals surface area contributed by atoms with E-state index >= 15 is 0 Å². The van der Waals surface area contributed by atoms with E-state index in [-0.39, 0.29) is 0 Å². The van der Waals surface area contributed by atoms with Crippen molar-refractivity contribution < 1.29 is 4.74 Å². The second kappa shape index (κ2) is 5.53. The molecule has 0 radical (unpaired) electrons. The molecule has 0 N–H and O–H groups in total. The topological polar surface area (TPSA) is 27.1 Å². The van der Waals surface area contributed by atoms with Crippen molar-refractivity contribution in [2.45, 2.75) is 45.6 Å². The highest BCUT2D eigenvalue weighted by atomic mass is 35.5. The number of hydrogen-bond donors (Lipinski definition) is 0. The van der Waals surface area contributed by atoms with E-state index in [4.69, 9.17) is 21.3 Å². The Morgan fingerprint density at radius 1 is 1.43 bits per heavy atom. The molecular weight excluding hydrogens is 284 g/mol. The summed E-state index contributed by atoms with van der Waals surface area (Å²) in [6.45, 7) is 4.72. The minimum atomic E-state index is 0.303. The molecule has 0 amide bonds. The summed E-state index contributed by atoms with van der Waals surface area (Å²) in [7, 11) is 1.70. The first-order chi connectivity index (χ1) is 10.1. The first kappa shape index (κ1) is 14.7. The van der Waals surface area contributed by atoms with Crippen LogP contribution in [0.15, 0.2) is 18.2 Å². The highest BCUT2D eigenvalue weighted by molar-refractivity contribution is 6.17. The Morgan fingerprint density at radius 3 is 2.86 bits per heavy atom. The Bertz CT molecular complexity index is 648. The molecule has 1 fully saturated rings. The Hall–Kier alpha value is -1.22. The number of nitrogens with zero attached hydrogens (tertiary/aromatic N) is 2. The maximum Gasteiger partial charge on any atom is 0.146 e. The summed E-state index contributed by atoms with van der Waals surface area (Å²) in [5.41, 5.74) is 2.44.